The van der Waals surface area contributed by atoms with Crippen molar-refractivity contribution in [2.24, 2.45) is 0 Å². The molecule has 3 rings (SSSR count). The molecule has 112 valence electrons. The van der Waals surface area contributed by atoms with Gasteiger partial charge >= 0.3 is 0 Å². The van der Waals surface area contributed by atoms with E-state index >= 15 is 0 Å². The summed E-state index contributed by atoms with van der Waals surface area (Å²) in [5.41, 5.74) is 1.28. The van der Waals surface area contributed by atoms with Crippen LogP contribution in [0, 0.1) is 0 Å². The maximum Gasteiger partial charge on any atom is 0.119 e. The molecular formula is C17H23N3O. The van der Waals surface area contributed by atoms with Crippen molar-refractivity contribution < 1.29 is 4.74 Å². The molecule has 1 fully saturated rings. The van der Waals surface area contributed by atoms with E-state index in [1.54, 1.807) is 0 Å². The zero-order valence-electron chi connectivity index (χ0n) is 12.5. The molecule has 0 radical (unpaired) electrons. The zero-order valence-corrected chi connectivity index (χ0v) is 12.5. The molecule has 0 spiro atoms. The Morgan fingerprint density at radius 3 is 3.14 bits per heavy atom. The summed E-state index contributed by atoms with van der Waals surface area (Å²) in [6.45, 7) is 3.61. The molecule has 1 aromatic heterocycles. The van der Waals surface area contributed by atoms with Gasteiger partial charge in [-0.15, -0.1) is 0 Å². The molecule has 1 saturated carbocycles. The molecule has 1 aliphatic carbocycles. The third-order valence-corrected chi connectivity index (χ3v) is 4.17. The molecule has 2 aromatic rings. The molecule has 4 heteroatoms. The van der Waals surface area contributed by atoms with Gasteiger partial charge in [0.05, 0.1) is 12.9 Å². The highest BCUT2D eigenvalue weighted by atomic mass is 16.5. The summed E-state index contributed by atoms with van der Waals surface area (Å²) >= 11 is 0. The topological polar surface area (TPSA) is 39.1 Å². The van der Waals surface area contributed by atoms with Gasteiger partial charge in [-0.3, -0.25) is 0 Å². The highest BCUT2D eigenvalue weighted by molar-refractivity contribution is 5.28. The summed E-state index contributed by atoms with van der Waals surface area (Å²) in [5.74, 6) is 0.953. The van der Waals surface area contributed by atoms with Crippen molar-refractivity contribution in [1.82, 2.24) is 14.9 Å². The number of benzene rings is 1. The Kier molecular flexibility index (Phi) is 4.55. The van der Waals surface area contributed by atoms with Crippen LogP contribution in [0.25, 0.3) is 0 Å². The lowest BCUT2D eigenvalue weighted by Gasteiger charge is -2.22. The third-order valence-electron chi connectivity index (χ3n) is 4.17. The van der Waals surface area contributed by atoms with E-state index in [0.717, 1.165) is 12.3 Å². The van der Waals surface area contributed by atoms with Gasteiger partial charge in [-0.2, -0.15) is 0 Å². The van der Waals surface area contributed by atoms with Gasteiger partial charge in [0.15, 0.2) is 0 Å². The molecule has 0 bridgehead atoms. The molecule has 0 saturated heterocycles. The summed E-state index contributed by atoms with van der Waals surface area (Å²) in [6, 6.07) is 9.40. The minimum Gasteiger partial charge on any atom is -0.494 e. The molecule has 0 amide bonds. The van der Waals surface area contributed by atoms with E-state index in [0.29, 0.717) is 18.7 Å². The molecule has 1 N–H and O–H groups in total. The summed E-state index contributed by atoms with van der Waals surface area (Å²) in [6.07, 6.45) is 9.60. The minimum atomic E-state index is 0.523. The molecule has 1 aliphatic rings. The van der Waals surface area contributed by atoms with Gasteiger partial charge in [-0.25, -0.2) is 4.98 Å². The summed E-state index contributed by atoms with van der Waals surface area (Å²) < 4.78 is 7.80. The Morgan fingerprint density at radius 1 is 1.38 bits per heavy atom. The first-order chi connectivity index (χ1) is 10.4. The molecule has 0 aliphatic heterocycles. The third kappa shape index (κ3) is 3.45. The monoisotopic (exact) mass is 285 g/mol. The van der Waals surface area contributed by atoms with Crippen molar-refractivity contribution in [2.75, 3.05) is 6.61 Å². The van der Waals surface area contributed by atoms with Crippen LogP contribution < -0.4 is 10.1 Å². The van der Waals surface area contributed by atoms with Gasteiger partial charge in [0.1, 0.15) is 5.75 Å². The predicted molar refractivity (Wildman–Crippen MR) is 83.4 cm³/mol. The van der Waals surface area contributed by atoms with Gasteiger partial charge in [0.2, 0.25) is 0 Å². The van der Waals surface area contributed by atoms with Crippen molar-refractivity contribution in [2.45, 2.75) is 44.8 Å². The van der Waals surface area contributed by atoms with Gasteiger partial charge in [-0.1, -0.05) is 12.1 Å². The van der Waals surface area contributed by atoms with E-state index < -0.39 is 0 Å². The van der Waals surface area contributed by atoms with E-state index in [4.69, 9.17) is 4.74 Å². The first-order valence-electron chi connectivity index (χ1n) is 7.79. The van der Waals surface area contributed by atoms with Crippen LogP contribution in [0.4, 0.5) is 0 Å². The average Bonchev–Trinajstić information content (AvgIpc) is 3.17. The Labute approximate surface area is 126 Å². The summed E-state index contributed by atoms with van der Waals surface area (Å²) in [4.78, 5) is 4.17. The molecule has 2 unspecified atom stereocenters. The van der Waals surface area contributed by atoms with Gasteiger partial charge in [0.25, 0.3) is 0 Å². The summed E-state index contributed by atoms with van der Waals surface area (Å²) in [5, 5.41) is 3.70. The van der Waals surface area contributed by atoms with E-state index in [1.165, 1.54) is 24.8 Å². The van der Waals surface area contributed by atoms with Crippen LogP contribution in [0.5, 0.6) is 5.75 Å². The maximum atomic E-state index is 5.56. The lowest BCUT2D eigenvalue weighted by Crippen LogP contribution is -2.33. The van der Waals surface area contributed by atoms with Crippen LogP contribution in [0.2, 0.25) is 0 Å². The van der Waals surface area contributed by atoms with E-state index in [1.807, 2.05) is 25.5 Å². The van der Waals surface area contributed by atoms with Gasteiger partial charge in [-0.05, 0) is 43.9 Å². The second-order valence-corrected chi connectivity index (χ2v) is 5.58. The molecule has 1 heterocycles. The van der Waals surface area contributed by atoms with Crippen LogP contribution in [0.15, 0.2) is 43.0 Å². The van der Waals surface area contributed by atoms with Crippen molar-refractivity contribution in [3.8, 4) is 5.75 Å². The highest BCUT2D eigenvalue weighted by Gasteiger charge is 2.27. The molecule has 21 heavy (non-hydrogen) atoms. The Bertz CT molecular complexity index is 553. The van der Waals surface area contributed by atoms with E-state index in [9.17, 15) is 0 Å². The first kappa shape index (κ1) is 14.1. The number of aromatic nitrogens is 2. The quantitative estimate of drug-likeness (QED) is 0.886. The van der Waals surface area contributed by atoms with Crippen molar-refractivity contribution in [3.05, 3.63) is 48.5 Å². The number of hydrogen-bond donors (Lipinski definition) is 1. The largest absolute Gasteiger partial charge is 0.494 e. The highest BCUT2D eigenvalue weighted by Crippen LogP contribution is 2.30. The number of nitrogens with zero attached hydrogens (tertiary/aromatic N) is 2. The van der Waals surface area contributed by atoms with Crippen molar-refractivity contribution in [1.29, 1.82) is 0 Å². The van der Waals surface area contributed by atoms with Crippen molar-refractivity contribution in [3.63, 3.8) is 0 Å². The second-order valence-electron chi connectivity index (χ2n) is 5.58. The van der Waals surface area contributed by atoms with Crippen LogP contribution in [0.3, 0.4) is 0 Å². The lowest BCUT2D eigenvalue weighted by molar-refractivity contribution is 0.339. The Balaban J connectivity index is 1.60. The van der Waals surface area contributed by atoms with E-state index in [-0.39, 0.29) is 0 Å². The predicted octanol–water partition coefficient (Wildman–Crippen LogP) is 3.17. The fourth-order valence-corrected chi connectivity index (χ4v) is 3.16. The van der Waals surface area contributed by atoms with Gasteiger partial charge < -0.3 is 14.6 Å². The van der Waals surface area contributed by atoms with E-state index in [2.05, 4.69) is 39.3 Å². The number of rotatable bonds is 6. The van der Waals surface area contributed by atoms with Crippen molar-refractivity contribution >= 4 is 0 Å². The lowest BCUT2D eigenvalue weighted by atomic mass is 10.1. The molecular weight excluding hydrogens is 262 g/mol. The zero-order chi connectivity index (χ0) is 14.5. The standard InChI is InChI=1S/C17H23N3O/c1-2-21-15-6-3-5-14(11-15)12-19-16-7-4-8-17(16)20-10-9-18-13-20/h3,5-6,9-11,13,16-17,19H,2,4,7-8,12H2,1H3. The number of imidazole rings is 1. The number of ether oxygens (including phenoxy) is 1. The average molecular weight is 285 g/mol. The van der Waals surface area contributed by atoms with Crippen LogP contribution in [-0.2, 0) is 6.54 Å². The van der Waals surface area contributed by atoms with Crippen LogP contribution in [0.1, 0.15) is 37.8 Å². The number of nitrogens with one attached hydrogen (secondary N) is 1. The molecule has 1 aromatic carbocycles. The smallest absolute Gasteiger partial charge is 0.119 e. The van der Waals surface area contributed by atoms with Gasteiger partial charge in [0, 0.05) is 31.0 Å². The minimum absolute atomic E-state index is 0.523. The Morgan fingerprint density at radius 2 is 2.33 bits per heavy atom. The molecule has 2 atom stereocenters. The number of hydrogen-bond acceptors (Lipinski definition) is 3. The fourth-order valence-electron chi connectivity index (χ4n) is 3.16. The second kappa shape index (κ2) is 6.76. The van der Waals surface area contributed by atoms with Crippen LogP contribution >= 0.6 is 0 Å². The first-order valence-corrected chi connectivity index (χ1v) is 7.79. The fraction of sp³-hybridized carbons (Fsp3) is 0.471. The maximum absolute atomic E-state index is 5.56. The summed E-state index contributed by atoms with van der Waals surface area (Å²) in [7, 11) is 0. The van der Waals surface area contributed by atoms with Crippen LogP contribution in [-0.4, -0.2) is 22.2 Å². The normalized spacial score (nSPS) is 21.6. The Hall–Kier alpha value is -1.81. The SMILES string of the molecule is CCOc1cccc(CNC2CCCC2n2ccnc2)c1. The molecule has 4 nitrogen and oxygen atoms in total.